The number of aryl methyl sites for hydroxylation is 1. The van der Waals surface area contributed by atoms with Crippen molar-refractivity contribution in [3.63, 3.8) is 0 Å². The number of benzene rings is 1. The van der Waals surface area contributed by atoms with Crippen LogP contribution in [0.5, 0.6) is 11.5 Å². The van der Waals surface area contributed by atoms with E-state index in [2.05, 4.69) is 0 Å². The molecule has 74 valence electrons. The molecule has 2 N–H and O–H groups in total. The fourth-order valence-corrected chi connectivity index (χ4v) is 2.38. The maximum Gasteiger partial charge on any atom is 0.268 e. The Balaban J connectivity index is 3.06. The first-order valence-corrected chi connectivity index (χ1v) is 4.88. The van der Waals surface area contributed by atoms with Crippen molar-refractivity contribution >= 4 is 33.2 Å². The minimum absolute atomic E-state index is 0.0164. The van der Waals surface area contributed by atoms with Crippen molar-refractivity contribution in [3.05, 3.63) is 21.4 Å². The summed E-state index contributed by atoms with van der Waals surface area (Å²) in [5, 5.41) is 18.9. The van der Waals surface area contributed by atoms with Crippen LogP contribution in [-0.4, -0.2) is 14.2 Å². The van der Waals surface area contributed by atoms with Gasteiger partial charge in [-0.05, 0) is 6.07 Å². The van der Waals surface area contributed by atoms with Crippen molar-refractivity contribution in [1.29, 1.82) is 0 Å². The lowest BCUT2D eigenvalue weighted by Gasteiger charge is -1.99. The van der Waals surface area contributed by atoms with Crippen LogP contribution in [-0.2, 0) is 7.05 Å². The minimum atomic E-state index is -0.388. The molecule has 0 spiro atoms. The highest BCUT2D eigenvalue weighted by molar-refractivity contribution is 7.14. The summed E-state index contributed by atoms with van der Waals surface area (Å²) in [6.45, 7) is 0. The molecule has 0 unspecified atom stereocenters. The Kier molecular flexibility index (Phi) is 1.94. The van der Waals surface area contributed by atoms with Crippen molar-refractivity contribution in [2.45, 2.75) is 0 Å². The molecule has 0 aliphatic rings. The molecule has 1 aromatic heterocycles. The first-order valence-electron chi connectivity index (χ1n) is 3.73. The summed E-state index contributed by atoms with van der Waals surface area (Å²) in [5.74, 6) is -0.765. The number of halogens is 1. The molecule has 0 aliphatic heterocycles. The predicted molar refractivity (Wildman–Crippen MR) is 55.4 cm³/mol. The second-order valence-corrected chi connectivity index (χ2v) is 4.35. The van der Waals surface area contributed by atoms with Gasteiger partial charge in [0.2, 0.25) is 0 Å². The van der Waals surface area contributed by atoms with Gasteiger partial charge < -0.3 is 10.2 Å². The van der Waals surface area contributed by atoms with E-state index in [0.29, 0.717) is 10.1 Å². The van der Waals surface area contributed by atoms with Gasteiger partial charge in [-0.1, -0.05) is 23.1 Å². The van der Waals surface area contributed by atoms with E-state index in [4.69, 9.17) is 11.6 Å². The molecule has 4 nitrogen and oxygen atoms in total. The van der Waals surface area contributed by atoms with Crippen molar-refractivity contribution in [2.24, 2.45) is 7.05 Å². The molecular formula is C8H6ClNO3S. The summed E-state index contributed by atoms with van der Waals surface area (Å²) in [7, 11) is 1.59. The van der Waals surface area contributed by atoms with Gasteiger partial charge in [-0.25, -0.2) is 0 Å². The largest absolute Gasteiger partial charge is 0.504 e. The smallest absolute Gasteiger partial charge is 0.268 e. The number of aromatic hydroxyl groups is 2. The fourth-order valence-electron chi connectivity index (χ4n) is 1.20. The van der Waals surface area contributed by atoms with Gasteiger partial charge in [0.25, 0.3) is 5.56 Å². The molecule has 2 rings (SSSR count). The highest BCUT2D eigenvalue weighted by Crippen LogP contribution is 2.39. The van der Waals surface area contributed by atoms with Crippen molar-refractivity contribution in [1.82, 2.24) is 3.96 Å². The number of phenols is 2. The Hall–Kier alpha value is -1.20. The molecule has 0 amide bonds. The van der Waals surface area contributed by atoms with Crippen LogP contribution in [0, 0.1) is 0 Å². The lowest BCUT2D eigenvalue weighted by Crippen LogP contribution is -2.07. The minimum Gasteiger partial charge on any atom is -0.504 e. The molecule has 0 bridgehead atoms. The quantitative estimate of drug-likeness (QED) is 0.678. The molecule has 14 heavy (non-hydrogen) atoms. The van der Waals surface area contributed by atoms with Crippen molar-refractivity contribution < 1.29 is 10.2 Å². The number of aromatic nitrogens is 1. The Morgan fingerprint density at radius 2 is 2.14 bits per heavy atom. The van der Waals surface area contributed by atoms with Crippen LogP contribution < -0.4 is 5.56 Å². The average Bonchev–Trinajstić information content (AvgIpc) is 2.42. The summed E-state index contributed by atoms with van der Waals surface area (Å²) >= 11 is 6.89. The van der Waals surface area contributed by atoms with E-state index in [1.165, 1.54) is 10.0 Å². The molecular weight excluding hydrogens is 226 g/mol. The average molecular weight is 232 g/mol. The van der Waals surface area contributed by atoms with E-state index in [-0.39, 0.29) is 22.1 Å². The van der Waals surface area contributed by atoms with Crippen LogP contribution in [0.2, 0.25) is 5.02 Å². The zero-order valence-electron chi connectivity index (χ0n) is 7.11. The summed E-state index contributed by atoms with van der Waals surface area (Å²) in [6.07, 6.45) is 0. The Morgan fingerprint density at radius 3 is 2.79 bits per heavy atom. The maximum absolute atomic E-state index is 11.5. The van der Waals surface area contributed by atoms with E-state index < -0.39 is 0 Å². The molecule has 1 aromatic carbocycles. The van der Waals surface area contributed by atoms with E-state index in [1.807, 2.05) is 0 Å². The Bertz CT molecular complexity index is 572. The van der Waals surface area contributed by atoms with Gasteiger partial charge in [0, 0.05) is 7.05 Å². The third-order valence-corrected chi connectivity index (χ3v) is 3.45. The normalized spacial score (nSPS) is 11.0. The van der Waals surface area contributed by atoms with Gasteiger partial charge in [-0.2, -0.15) is 0 Å². The molecule has 0 saturated heterocycles. The number of nitrogens with zero attached hydrogens (tertiary/aromatic N) is 1. The monoisotopic (exact) mass is 231 g/mol. The second kappa shape index (κ2) is 2.90. The lowest BCUT2D eigenvalue weighted by molar-refractivity contribution is 0.405. The van der Waals surface area contributed by atoms with Crippen LogP contribution in [0.25, 0.3) is 10.1 Å². The SMILES string of the molecule is Cn1sc2c(Cl)c(O)c(O)cc2c1=O. The fraction of sp³-hybridized carbons (Fsp3) is 0.125. The van der Waals surface area contributed by atoms with E-state index >= 15 is 0 Å². The Morgan fingerprint density at radius 1 is 1.50 bits per heavy atom. The summed E-state index contributed by atoms with van der Waals surface area (Å²) in [6, 6.07) is 1.22. The van der Waals surface area contributed by atoms with Crippen LogP contribution in [0.3, 0.4) is 0 Å². The first-order chi connectivity index (χ1) is 6.52. The van der Waals surface area contributed by atoms with Gasteiger partial charge in [0.1, 0.15) is 5.02 Å². The predicted octanol–water partition coefficient (Wildman–Crippen LogP) is 1.66. The third kappa shape index (κ3) is 1.09. The van der Waals surface area contributed by atoms with Crippen LogP contribution in [0.15, 0.2) is 10.9 Å². The van der Waals surface area contributed by atoms with Gasteiger partial charge in [0.15, 0.2) is 11.5 Å². The summed E-state index contributed by atoms with van der Waals surface area (Å²) in [4.78, 5) is 11.5. The van der Waals surface area contributed by atoms with Gasteiger partial charge in [-0.15, -0.1) is 0 Å². The lowest BCUT2D eigenvalue weighted by atomic mass is 10.2. The molecule has 0 radical (unpaired) electrons. The number of rotatable bonds is 0. The summed E-state index contributed by atoms with van der Waals surface area (Å²) < 4.78 is 1.87. The van der Waals surface area contributed by atoms with Gasteiger partial charge in [0.05, 0.1) is 10.1 Å². The van der Waals surface area contributed by atoms with Gasteiger partial charge >= 0.3 is 0 Å². The molecule has 2 aromatic rings. The molecule has 0 atom stereocenters. The molecule has 0 aliphatic carbocycles. The highest BCUT2D eigenvalue weighted by atomic mass is 35.5. The molecule has 0 saturated carbocycles. The number of phenolic OH excluding ortho intramolecular Hbond substituents is 2. The topological polar surface area (TPSA) is 62.5 Å². The van der Waals surface area contributed by atoms with E-state index in [0.717, 1.165) is 11.5 Å². The standard InChI is InChI=1S/C8H6ClNO3S/c1-10-8(13)3-2-4(11)6(12)5(9)7(3)14-10/h2,11-12H,1H3. The first kappa shape index (κ1) is 9.36. The Labute approximate surface area is 87.7 Å². The van der Waals surface area contributed by atoms with Crippen LogP contribution in [0.1, 0.15) is 0 Å². The summed E-state index contributed by atoms with van der Waals surface area (Å²) in [5.41, 5.74) is -0.234. The third-order valence-electron chi connectivity index (χ3n) is 1.92. The van der Waals surface area contributed by atoms with Gasteiger partial charge in [-0.3, -0.25) is 8.75 Å². The van der Waals surface area contributed by atoms with E-state index in [1.54, 1.807) is 7.05 Å². The molecule has 6 heteroatoms. The van der Waals surface area contributed by atoms with E-state index in [9.17, 15) is 15.0 Å². The van der Waals surface area contributed by atoms with Crippen molar-refractivity contribution in [2.75, 3.05) is 0 Å². The molecule has 1 heterocycles. The van der Waals surface area contributed by atoms with Crippen molar-refractivity contribution in [3.8, 4) is 11.5 Å². The highest BCUT2D eigenvalue weighted by Gasteiger charge is 2.15. The number of hydrogen-bond acceptors (Lipinski definition) is 4. The van der Waals surface area contributed by atoms with Crippen LogP contribution in [0.4, 0.5) is 0 Å². The number of fused-ring (bicyclic) bond motifs is 1. The van der Waals surface area contributed by atoms with Crippen LogP contribution >= 0.6 is 23.1 Å². The second-order valence-electron chi connectivity index (χ2n) is 2.83. The molecule has 0 fully saturated rings. The maximum atomic E-state index is 11.5. The number of hydrogen-bond donors (Lipinski definition) is 2. The zero-order chi connectivity index (χ0) is 10.5. The zero-order valence-corrected chi connectivity index (χ0v) is 8.69.